The maximum Gasteiger partial charge on any atom is 0.326 e. The highest BCUT2D eigenvalue weighted by molar-refractivity contribution is 9.11. The number of hydrogen-bond acceptors (Lipinski definition) is 2. The lowest BCUT2D eigenvalue weighted by atomic mass is 10.2. The van der Waals surface area contributed by atoms with Gasteiger partial charge in [0, 0.05) is 16.0 Å². The van der Waals surface area contributed by atoms with Crippen LogP contribution in [-0.2, 0) is 4.79 Å². The Morgan fingerprint density at radius 2 is 1.94 bits per heavy atom. The maximum atomic E-state index is 12.1. The van der Waals surface area contributed by atoms with Crippen LogP contribution in [0, 0.1) is 0 Å². The number of carboxylic acids is 1. The molecule has 1 aromatic carbocycles. The van der Waals surface area contributed by atoms with E-state index in [1.807, 2.05) is 0 Å². The zero-order chi connectivity index (χ0) is 13.2. The predicted octanol–water partition coefficient (Wildman–Crippen LogP) is 2.76. The molecule has 1 amide bonds. The van der Waals surface area contributed by atoms with Crippen LogP contribution in [0.3, 0.4) is 0 Å². The molecule has 0 saturated heterocycles. The quantitative estimate of drug-likeness (QED) is 0.897. The van der Waals surface area contributed by atoms with Gasteiger partial charge in [0.05, 0.1) is 5.56 Å². The lowest BCUT2D eigenvalue weighted by molar-refractivity contribution is -0.141. The van der Waals surface area contributed by atoms with Gasteiger partial charge >= 0.3 is 5.97 Å². The largest absolute Gasteiger partial charge is 0.480 e. The van der Waals surface area contributed by atoms with Crippen LogP contribution in [0.1, 0.15) is 17.3 Å². The van der Waals surface area contributed by atoms with Crippen LogP contribution in [0.5, 0.6) is 0 Å². The second kappa shape index (κ2) is 5.64. The van der Waals surface area contributed by atoms with Crippen LogP contribution < -0.4 is 0 Å². The monoisotopic (exact) mass is 363 g/mol. The molecule has 0 radical (unpaired) electrons. The van der Waals surface area contributed by atoms with Crippen molar-refractivity contribution in [2.45, 2.75) is 13.0 Å². The minimum absolute atomic E-state index is 0.340. The van der Waals surface area contributed by atoms with Crippen molar-refractivity contribution in [3.05, 3.63) is 32.7 Å². The number of carbonyl (C=O) groups is 2. The van der Waals surface area contributed by atoms with Gasteiger partial charge in [-0.2, -0.15) is 0 Å². The zero-order valence-corrected chi connectivity index (χ0v) is 12.4. The molecule has 0 aliphatic carbocycles. The number of nitrogens with zero attached hydrogens (tertiary/aromatic N) is 1. The Kier molecular flexibility index (Phi) is 4.70. The molecule has 1 atom stereocenters. The zero-order valence-electron chi connectivity index (χ0n) is 9.28. The molecule has 17 heavy (non-hydrogen) atoms. The number of carbonyl (C=O) groups excluding carboxylic acids is 1. The first-order valence-electron chi connectivity index (χ1n) is 4.79. The minimum Gasteiger partial charge on any atom is -0.480 e. The van der Waals surface area contributed by atoms with Gasteiger partial charge in [0.15, 0.2) is 0 Å². The van der Waals surface area contributed by atoms with E-state index in [0.717, 1.165) is 4.47 Å². The average Bonchev–Trinajstić information content (AvgIpc) is 2.29. The summed E-state index contributed by atoms with van der Waals surface area (Å²) in [4.78, 5) is 24.1. The van der Waals surface area contributed by atoms with Gasteiger partial charge in [-0.05, 0) is 41.1 Å². The van der Waals surface area contributed by atoms with E-state index in [-0.39, 0.29) is 5.91 Å². The highest BCUT2D eigenvalue weighted by atomic mass is 79.9. The molecule has 0 aromatic heterocycles. The van der Waals surface area contributed by atoms with Crippen LogP contribution >= 0.6 is 31.9 Å². The summed E-state index contributed by atoms with van der Waals surface area (Å²) in [6, 6.07) is 4.31. The number of amides is 1. The molecule has 0 aliphatic heterocycles. The molecule has 1 aromatic rings. The van der Waals surface area contributed by atoms with Crippen molar-refractivity contribution >= 4 is 43.7 Å². The third-order valence-electron chi connectivity index (χ3n) is 2.42. The van der Waals surface area contributed by atoms with Crippen molar-refractivity contribution in [2.24, 2.45) is 0 Å². The summed E-state index contributed by atoms with van der Waals surface area (Å²) in [7, 11) is 1.47. The summed E-state index contributed by atoms with van der Waals surface area (Å²) in [5, 5.41) is 8.86. The molecule has 0 saturated carbocycles. The van der Waals surface area contributed by atoms with E-state index in [2.05, 4.69) is 31.9 Å². The van der Waals surface area contributed by atoms with E-state index in [1.165, 1.54) is 18.9 Å². The summed E-state index contributed by atoms with van der Waals surface area (Å²) in [6.07, 6.45) is 0. The van der Waals surface area contributed by atoms with Crippen LogP contribution in [0.25, 0.3) is 0 Å². The van der Waals surface area contributed by atoms with Gasteiger partial charge in [0.2, 0.25) is 0 Å². The fourth-order valence-corrected chi connectivity index (χ4v) is 1.97. The van der Waals surface area contributed by atoms with Gasteiger partial charge in [-0.3, -0.25) is 4.79 Å². The van der Waals surface area contributed by atoms with Crippen LogP contribution in [0.4, 0.5) is 0 Å². The van der Waals surface area contributed by atoms with E-state index in [1.54, 1.807) is 18.2 Å². The third-order valence-corrected chi connectivity index (χ3v) is 3.60. The van der Waals surface area contributed by atoms with E-state index >= 15 is 0 Å². The van der Waals surface area contributed by atoms with Crippen molar-refractivity contribution in [1.82, 2.24) is 4.90 Å². The molecule has 1 N–H and O–H groups in total. The normalized spacial score (nSPS) is 12.0. The topological polar surface area (TPSA) is 57.6 Å². The lowest BCUT2D eigenvalue weighted by Gasteiger charge is -2.22. The summed E-state index contributed by atoms with van der Waals surface area (Å²) in [5.74, 6) is -1.37. The van der Waals surface area contributed by atoms with Gasteiger partial charge in [0.1, 0.15) is 6.04 Å². The molecule has 1 unspecified atom stereocenters. The molecule has 0 bridgehead atoms. The molecule has 4 nitrogen and oxygen atoms in total. The standard InChI is InChI=1S/C11H11Br2NO3/c1-6(11(16)17)14(2)10(15)8-5-7(12)3-4-9(8)13/h3-6H,1-2H3,(H,16,17). The Labute approximate surface area is 116 Å². The smallest absolute Gasteiger partial charge is 0.326 e. The summed E-state index contributed by atoms with van der Waals surface area (Å²) < 4.78 is 1.40. The Bertz CT molecular complexity index is 462. The van der Waals surface area contributed by atoms with Gasteiger partial charge in [-0.25, -0.2) is 4.79 Å². The second-order valence-corrected chi connectivity index (χ2v) is 5.32. The molecule has 0 heterocycles. The number of halogens is 2. The van der Waals surface area contributed by atoms with Crippen LogP contribution in [0.2, 0.25) is 0 Å². The van der Waals surface area contributed by atoms with Gasteiger partial charge in [-0.15, -0.1) is 0 Å². The van der Waals surface area contributed by atoms with Crippen LogP contribution in [-0.4, -0.2) is 35.0 Å². The Hall–Kier alpha value is -0.880. The van der Waals surface area contributed by atoms with Crippen molar-refractivity contribution in [3.8, 4) is 0 Å². The number of benzene rings is 1. The SMILES string of the molecule is CC(C(=O)O)N(C)C(=O)c1cc(Br)ccc1Br. The Morgan fingerprint density at radius 1 is 1.35 bits per heavy atom. The summed E-state index contributed by atoms with van der Waals surface area (Å²) in [5.41, 5.74) is 0.426. The minimum atomic E-state index is -1.04. The fraction of sp³-hybridized carbons (Fsp3) is 0.273. The number of hydrogen-bond donors (Lipinski definition) is 1. The maximum absolute atomic E-state index is 12.1. The highest BCUT2D eigenvalue weighted by Crippen LogP contribution is 2.23. The first kappa shape index (κ1) is 14.2. The molecule has 0 fully saturated rings. The number of likely N-dealkylation sites (N-methyl/N-ethyl adjacent to an activating group) is 1. The predicted molar refractivity (Wildman–Crippen MR) is 71.0 cm³/mol. The molecule has 0 spiro atoms. The van der Waals surface area contributed by atoms with Crippen molar-refractivity contribution in [3.63, 3.8) is 0 Å². The van der Waals surface area contributed by atoms with Gasteiger partial charge in [0.25, 0.3) is 5.91 Å². The summed E-state index contributed by atoms with van der Waals surface area (Å²) >= 11 is 6.54. The number of aliphatic carboxylic acids is 1. The molecule has 1 rings (SSSR count). The van der Waals surface area contributed by atoms with E-state index in [0.29, 0.717) is 10.0 Å². The molecular formula is C11H11Br2NO3. The first-order chi connectivity index (χ1) is 7.84. The highest BCUT2D eigenvalue weighted by Gasteiger charge is 2.24. The van der Waals surface area contributed by atoms with Crippen molar-refractivity contribution in [2.75, 3.05) is 7.05 Å². The van der Waals surface area contributed by atoms with E-state index in [9.17, 15) is 9.59 Å². The Morgan fingerprint density at radius 3 is 2.47 bits per heavy atom. The van der Waals surface area contributed by atoms with Gasteiger partial charge in [-0.1, -0.05) is 15.9 Å². The third kappa shape index (κ3) is 3.29. The lowest BCUT2D eigenvalue weighted by Crippen LogP contribution is -2.40. The summed E-state index contributed by atoms with van der Waals surface area (Å²) in [6.45, 7) is 1.46. The van der Waals surface area contributed by atoms with Crippen LogP contribution in [0.15, 0.2) is 27.1 Å². The fourth-order valence-electron chi connectivity index (χ4n) is 1.19. The van der Waals surface area contributed by atoms with Crippen molar-refractivity contribution < 1.29 is 14.7 Å². The molecule has 92 valence electrons. The average molecular weight is 365 g/mol. The second-order valence-electron chi connectivity index (χ2n) is 3.55. The molecular weight excluding hydrogens is 354 g/mol. The number of rotatable bonds is 3. The van der Waals surface area contributed by atoms with E-state index < -0.39 is 12.0 Å². The number of carboxylic acid groups (broad SMARTS) is 1. The van der Waals surface area contributed by atoms with E-state index in [4.69, 9.17) is 5.11 Å². The molecule has 0 aliphatic rings. The molecule has 6 heteroatoms. The van der Waals surface area contributed by atoms with Crippen molar-refractivity contribution in [1.29, 1.82) is 0 Å². The van der Waals surface area contributed by atoms with Gasteiger partial charge < -0.3 is 10.0 Å². The Balaban J connectivity index is 3.04. The first-order valence-corrected chi connectivity index (χ1v) is 6.38.